The van der Waals surface area contributed by atoms with E-state index < -0.39 is 5.97 Å². The molecule has 1 N–H and O–H groups in total. The zero-order chi connectivity index (χ0) is 16.1. The largest absolute Gasteiger partial charge is 0.492 e. The Hall–Kier alpha value is -2.81. The van der Waals surface area contributed by atoms with Crippen LogP contribution in [0.2, 0.25) is 0 Å². The van der Waals surface area contributed by atoms with E-state index in [0.29, 0.717) is 29.5 Å². The summed E-state index contributed by atoms with van der Waals surface area (Å²) < 4.78 is 7.05. The summed E-state index contributed by atoms with van der Waals surface area (Å²) in [6.07, 6.45) is 3.58. The maximum atomic E-state index is 10.9. The first-order valence-electron chi connectivity index (χ1n) is 6.96. The van der Waals surface area contributed by atoms with E-state index in [0.717, 1.165) is 6.42 Å². The number of aromatic nitrogens is 2. The van der Waals surface area contributed by atoms with Crippen molar-refractivity contribution in [2.75, 3.05) is 6.61 Å². The predicted molar refractivity (Wildman–Crippen MR) is 80.2 cm³/mol. The Kier molecular flexibility index (Phi) is 4.79. The van der Waals surface area contributed by atoms with Crippen LogP contribution in [0.15, 0.2) is 30.6 Å². The van der Waals surface area contributed by atoms with Crippen molar-refractivity contribution < 1.29 is 14.6 Å². The molecule has 6 heteroatoms. The fourth-order valence-corrected chi connectivity index (χ4v) is 1.85. The Labute approximate surface area is 128 Å². The number of hydrogen-bond acceptors (Lipinski definition) is 4. The molecule has 0 radical (unpaired) electrons. The second-order valence-corrected chi connectivity index (χ2v) is 5.30. The molecule has 2 rings (SSSR count). The second kappa shape index (κ2) is 6.76. The van der Waals surface area contributed by atoms with E-state index in [-0.39, 0.29) is 5.56 Å². The number of hydrogen-bond donors (Lipinski definition) is 1. The summed E-state index contributed by atoms with van der Waals surface area (Å²) in [6, 6.07) is 7.16. The minimum absolute atomic E-state index is 0.0933. The number of nitrogens with zero attached hydrogens (tertiary/aromatic N) is 3. The number of ether oxygens (including phenoxy) is 1. The van der Waals surface area contributed by atoms with Crippen molar-refractivity contribution in [2.24, 2.45) is 5.92 Å². The first-order chi connectivity index (χ1) is 10.5. The summed E-state index contributed by atoms with van der Waals surface area (Å²) in [6.45, 7) is 4.77. The highest BCUT2D eigenvalue weighted by molar-refractivity contribution is 5.87. The zero-order valence-corrected chi connectivity index (χ0v) is 12.5. The third kappa shape index (κ3) is 3.64. The number of carboxylic acids is 1. The average molecular weight is 299 g/mol. The van der Waals surface area contributed by atoms with Gasteiger partial charge in [-0.05, 0) is 30.5 Å². The second-order valence-electron chi connectivity index (χ2n) is 5.30. The Morgan fingerprint density at radius 3 is 2.86 bits per heavy atom. The van der Waals surface area contributed by atoms with Crippen LogP contribution in [0, 0.1) is 17.2 Å². The molecule has 0 saturated carbocycles. The Morgan fingerprint density at radius 1 is 1.50 bits per heavy atom. The van der Waals surface area contributed by atoms with Crippen molar-refractivity contribution in [3.8, 4) is 17.5 Å². The number of carboxylic acid groups (broad SMARTS) is 1. The van der Waals surface area contributed by atoms with Crippen LogP contribution in [0.3, 0.4) is 0 Å². The molecular formula is C16H17N3O3. The SMILES string of the molecule is CC(C)CCOc1ccc(-n2cc(C(=O)O)cn2)cc1C#N. The van der Waals surface area contributed by atoms with Gasteiger partial charge in [0.25, 0.3) is 0 Å². The van der Waals surface area contributed by atoms with Gasteiger partial charge in [0.05, 0.1) is 29.6 Å². The van der Waals surface area contributed by atoms with Gasteiger partial charge in [0.1, 0.15) is 11.8 Å². The maximum Gasteiger partial charge on any atom is 0.338 e. The summed E-state index contributed by atoms with van der Waals surface area (Å²) in [5.74, 6) is 0.0150. The Morgan fingerprint density at radius 2 is 2.27 bits per heavy atom. The lowest BCUT2D eigenvalue weighted by atomic mass is 10.1. The van der Waals surface area contributed by atoms with Gasteiger partial charge in [0.15, 0.2) is 0 Å². The number of aromatic carboxylic acids is 1. The van der Waals surface area contributed by atoms with E-state index >= 15 is 0 Å². The molecule has 0 saturated heterocycles. The number of nitriles is 1. The molecule has 114 valence electrons. The minimum atomic E-state index is -1.04. The number of rotatable bonds is 6. The van der Waals surface area contributed by atoms with Crippen LogP contribution >= 0.6 is 0 Å². The molecule has 1 aromatic heterocycles. The van der Waals surface area contributed by atoms with E-state index in [1.165, 1.54) is 17.1 Å². The van der Waals surface area contributed by atoms with E-state index in [9.17, 15) is 10.1 Å². The van der Waals surface area contributed by atoms with Gasteiger partial charge in [0, 0.05) is 6.20 Å². The van der Waals surface area contributed by atoms with Crippen molar-refractivity contribution in [1.29, 1.82) is 5.26 Å². The smallest absolute Gasteiger partial charge is 0.338 e. The average Bonchev–Trinajstić information content (AvgIpc) is 2.97. The van der Waals surface area contributed by atoms with Crippen LogP contribution in [-0.4, -0.2) is 27.5 Å². The van der Waals surface area contributed by atoms with Gasteiger partial charge in [-0.2, -0.15) is 10.4 Å². The zero-order valence-electron chi connectivity index (χ0n) is 12.5. The maximum absolute atomic E-state index is 10.9. The standard InChI is InChI=1S/C16H17N3O3/c1-11(2)5-6-22-15-4-3-14(7-12(15)8-17)19-10-13(9-18-19)16(20)21/h3-4,7,9-11H,5-6H2,1-2H3,(H,20,21). The molecule has 0 fully saturated rings. The van der Waals surface area contributed by atoms with Crippen LogP contribution in [0.4, 0.5) is 0 Å². The molecule has 0 aliphatic carbocycles. The van der Waals surface area contributed by atoms with Crippen LogP contribution in [0.1, 0.15) is 36.2 Å². The third-order valence-corrected chi connectivity index (χ3v) is 3.13. The fourth-order valence-electron chi connectivity index (χ4n) is 1.85. The third-order valence-electron chi connectivity index (χ3n) is 3.13. The van der Waals surface area contributed by atoms with Gasteiger partial charge in [-0.15, -0.1) is 0 Å². The normalized spacial score (nSPS) is 10.5. The lowest BCUT2D eigenvalue weighted by Crippen LogP contribution is -2.03. The molecule has 1 aromatic carbocycles. The molecule has 0 amide bonds. The van der Waals surface area contributed by atoms with Crippen molar-refractivity contribution in [1.82, 2.24) is 9.78 Å². The highest BCUT2D eigenvalue weighted by Crippen LogP contribution is 2.22. The van der Waals surface area contributed by atoms with Crippen molar-refractivity contribution in [2.45, 2.75) is 20.3 Å². The first kappa shape index (κ1) is 15.6. The van der Waals surface area contributed by atoms with Gasteiger partial charge in [-0.3, -0.25) is 0 Å². The molecular weight excluding hydrogens is 282 g/mol. The Bertz CT molecular complexity index is 714. The molecule has 0 aliphatic heterocycles. The molecule has 1 heterocycles. The van der Waals surface area contributed by atoms with Crippen LogP contribution < -0.4 is 4.74 Å². The van der Waals surface area contributed by atoms with Gasteiger partial charge < -0.3 is 9.84 Å². The van der Waals surface area contributed by atoms with E-state index in [1.807, 2.05) is 0 Å². The summed E-state index contributed by atoms with van der Waals surface area (Å²) in [7, 11) is 0. The van der Waals surface area contributed by atoms with Gasteiger partial charge in [-0.1, -0.05) is 13.8 Å². The summed E-state index contributed by atoms with van der Waals surface area (Å²) in [4.78, 5) is 10.9. The molecule has 0 atom stereocenters. The van der Waals surface area contributed by atoms with Gasteiger partial charge in [0.2, 0.25) is 0 Å². The van der Waals surface area contributed by atoms with Crippen molar-refractivity contribution in [3.63, 3.8) is 0 Å². The van der Waals surface area contributed by atoms with Gasteiger partial charge in [-0.25, -0.2) is 9.48 Å². The van der Waals surface area contributed by atoms with Crippen LogP contribution in [0.25, 0.3) is 5.69 Å². The topological polar surface area (TPSA) is 88.1 Å². The summed E-state index contributed by atoms with van der Waals surface area (Å²) in [5.41, 5.74) is 1.10. The quantitative estimate of drug-likeness (QED) is 0.886. The Balaban J connectivity index is 2.21. The highest BCUT2D eigenvalue weighted by Gasteiger charge is 2.10. The number of carbonyl (C=O) groups is 1. The van der Waals surface area contributed by atoms with Gasteiger partial charge >= 0.3 is 5.97 Å². The monoisotopic (exact) mass is 299 g/mol. The molecule has 2 aromatic rings. The molecule has 0 aliphatic rings. The molecule has 0 spiro atoms. The van der Waals surface area contributed by atoms with Crippen LogP contribution in [0.5, 0.6) is 5.75 Å². The van der Waals surface area contributed by atoms with Crippen molar-refractivity contribution in [3.05, 3.63) is 41.7 Å². The molecule has 22 heavy (non-hydrogen) atoms. The predicted octanol–water partition coefficient (Wildman–Crippen LogP) is 2.87. The van der Waals surface area contributed by atoms with Crippen LogP contribution in [-0.2, 0) is 0 Å². The minimum Gasteiger partial charge on any atom is -0.492 e. The fraction of sp³-hybridized carbons (Fsp3) is 0.312. The van der Waals surface area contributed by atoms with E-state index in [1.54, 1.807) is 18.2 Å². The molecule has 0 bridgehead atoms. The summed E-state index contributed by atoms with van der Waals surface area (Å²) >= 11 is 0. The molecule has 0 unspecified atom stereocenters. The lowest BCUT2D eigenvalue weighted by molar-refractivity contribution is 0.0697. The summed E-state index contributed by atoms with van der Waals surface area (Å²) in [5, 5.41) is 22.1. The van der Waals surface area contributed by atoms with Crippen molar-refractivity contribution >= 4 is 5.97 Å². The van der Waals surface area contributed by atoms with E-state index in [4.69, 9.17) is 9.84 Å². The number of benzene rings is 1. The highest BCUT2D eigenvalue weighted by atomic mass is 16.5. The lowest BCUT2D eigenvalue weighted by Gasteiger charge is -2.10. The van der Waals surface area contributed by atoms with E-state index in [2.05, 4.69) is 25.0 Å². The molecule has 6 nitrogen and oxygen atoms in total. The first-order valence-corrected chi connectivity index (χ1v) is 6.96.